The number of carbonyl (C=O) groups is 1. The van der Waals surface area contributed by atoms with E-state index in [1.165, 1.54) is 12.1 Å². The maximum Gasteiger partial charge on any atom is 0.416 e. The van der Waals surface area contributed by atoms with Crippen LogP contribution in [0.5, 0.6) is 0 Å². The van der Waals surface area contributed by atoms with Crippen molar-refractivity contribution in [1.29, 1.82) is 0 Å². The normalized spacial score (nSPS) is 22.7. The van der Waals surface area contributed by atoms with Gasteiger partial charge < -0.3 is 10.4 Å². The first-order chi connectivity index (χ1) is 9.80. The maximum atomic E-state index is 12.9. The van der Waals surface area contributed by atoms with E-state index in [0.29, 0.717) is 19.4 Å². The molecule has 0 radical (unpaired) electrons. The number of amides is 1. The van der Waals surface area contributed by atoms with E-state index >= 15 is 0 Å². The summed E-state index contributed by atoms with van der Waals surface area (Å²) >= 11 is 0. The number of aliphatic hydroxyl groups excluding tert-OH is 1. The van der Waals surface area contributed by atoms with Crippen LogP contribution in [0.2, 0.25) is 0 Å². The molecule has 1 fully saturated rings. The minimum absolute atomic E-state index is 0.195. The second-order valence-corrected chi connectivity index (χ2v) is 5.46. The van der Waals surface area contributed by atoms with Gasteiger partial charge in [0.2, 0.25) is 5.91 Å². The summed E-state index contributed by atoms with van der Waals surface area (Å²) in [6.07, 6.45) is -4.03. The highest BCUT2D eigenvalue weighted by molar-refractivity contribution is 5.83. The Labute approximate surface area is 121 Å². The van der Waals surface area contributed by atoms with Crippen molar-refractivity contribution < 1.29 is 23.1 Å². The van der Waals surface area contributed by atoms with Crippen LogP contribution in [0.1, 0.15) is 36.8 Å². The van der Waals surface area contributed by atoms with Gasteiger partial charge in [-0.1, -0.05) is 18.2 Å². The molecule has 21 heavy (non-hydrogen) atoms. The van der Waals surface area contributed by atoms with Crippen molar-refractivity contribution in [3.63, 3.8) is 0 Å². The first-order valence-corrected chi connectivity index (χ1v) is 6.92. The van der Waals surface area contributed by atoms with Crippen LogP contribution in [-0.2, 0) is 11.0 Å². The van der Waals surface area contributed by atoms with Crippen molar-refractivity contribution in [2.24, 2.45) is 5.92 Å². The second kappa shape index (κ2) is 6.05. The Morgan fingerprint density at radius 3 is 2.71 bits per heavy atom. The zero-order chi connectivity index (χ0) is 15.6. The van der Waals surface area contributed by atoms with Crippen molar-refractivity contribution in [3.05, 3.63) is 35.4 Å². The first-order valence-electron chi connectivity index (χ1n) is 6.92. The zero-order valence-electron chi connectivity index (χ0n) is 11.7. The van der Waals surface area contributed by atoms with Crippen LogP contribution in [0.25, 0.3) is 0 Å². The predicted octanol–water partition coefficient (Wildman–Crippen LogP) is 2.70. The Kier molecular flexibility index (Phi) is 4.56. The van der Waals surface area contributed by atoms with E-state index in [9.17, 15) is 18.0 Å². The molecule has 0 bridgehead atoms. The van der Waals surface area contributed by atoms with Crippen LogP contribution in [0.15, 0.2) is 24.3 Å². The summed E-state index contributed by atoms with van der Waals surface area (Å²) in [4.78, 5) is 11.9. The van der Waals surface area contributed by atoms with Crippen LogP contribution in [0.3, 0.4) is 0 Å². The Hall–Kier alpha value is -1.56. The van der Waals surface area contributed by atoms with Crippen LogP contribution in [0.4, 0.5) is 13.2 Å². The fraction of sp³-hybridized carbons (Fsp3) is 0.533. The van der Waals surface area contributed by atoms with Crippen molar-refractivity contribution in [2.45, 2.75) is 38.0 Å². The Bertz CT molecular complexity index is 514. The lowest BCUT2D eigenvalue weighted by molar-refractivity contribution is -0.138. The molecular formula is C15H18F3NO2. The molecule has 2 N–H and O–H groups in total. The molecular weight excluding hydrogens is 283 g/mol. The van der Waals surface area contributed by atoms with Gasteiger partial charge in [-0.15, -0.1) is 0 Å². The maximum absolute atomic E-state index is 12.9. The van der Waals surface area contributed by atoms with Crippen molar-refractivity contribution >= 4 is 5.91 Å². The molecule has 0 saturated heterocycles. The van der Waals surface area contributed by atoms with Gasteiger partial charge in [0.15, 0.2) is 0 Å². The standard InChI is InChI=1S/C15H18F3NO2/c1-9(20)6-7-19-14(21)12-8-11(12)10-4-2-3-5-13(10)15(16,17)18/h2-5,9,11-12,20H,6-8H2,1H3,(H,19,21). The van der Waals surface area contributed by atoms with Gasteiger partial charge in [-0.3, -0.25) is 4.79 Å². The van der Waals surface area contributed by atoms with Gasteiger partial charge >= 0.3 is 6.18 Å². The van der Waals surface area contributed by atoms with E-state index in [4.69, 9.17) is 5.11 Å². The lowest BCUT2D eigenvalue weighted by atomic mass is 10.0. The Morgan fingerprint density at radius 1 is 1.43 bits per heavy atom. The van der Waals surface area contributed by atoms with Gasteiger partial charge in [-0.2, -0.15) is 13.2 Å². The van der Waals surface area contributed by atoms with Crippen LogP contribution in [0, 0.1) is 5.92 Å². The molecule has 0 aromatic heterocycles. The average Bonchev–Trinajstić information content (AvgIpc) is 3.17. The summed E-state index contributed by atoms with van der Waals surface area (Å²) in [5.74, 6) is -1.01. The fourth-order valence-electron chi connectivity index (χ4n) is 2.44. The summed E-state index contributed by atoms with van der Waals surface area (Å²) < 4.78 is 38.8. The van der Waals surface area contributed by atoms with Gasteiger partial charge in [0.05, 0.1) is 11.7 Å². The lowest BCUT2D eigenvalue weighted by Gasteiger charge is -2.12. The molecule has 3 atom stereocenters. The number of halogens is 3. The van der Waals surface area contributed by atoms with Crippen LogP contribution < -0.4 is 5.32 Å². The quantitative estimate of drug-likeness (QED) is 0.878. The number of rotatable bonds is 5. The number of hydrogen-bond acceptors (Lipinski definition) is 2. The molecule has 0 spiro atoms. The molecule has 1 aliphatic carbocycles. The van der Waals surface area contributed by atoms with Crippen LogP contribution in [-0.4, -0.2) is 23.7 Å². The molecule has 6 heteroatoms. The number of alkyl halides is 3. The topological polar surface area (TPSA) is 49.3 Å². The number of hydrogen-bond donors (Lipinski definition) is 2. The minimum Gasteiger partial charge on any atom is -0.393 e. The molecule has 1 amide bonds. The third-order valence-corrected chi connectivity index (χ3v) is 3.65. The number of nitrogens with one attached hydrogen (secondary N) is 1. The minimum atomic E-state index is -4.40. The molecule has 1 aromatic carbocycles. The van der Waals surface area contributed by atoms with Gasteiger partial charge in [0, 0.05) is 12.5 Å². The third-order valence-electron chi connectivity index (χ3n) is 3.65. The highest BCUT2D eigenvalue weighted by atomic mass is 19.4. The van der Waals surface area contributed by atoms with Crippen LogP contribution >= 0.6 is 0 Å². The molecule has 0 aliphatic heterocycles. The van der Waals surface area contributed by atoms with Crippen molar-refractivity contribution in [2.75, 3.05) is 6.54 Å². The Balaban J connectivity index is 1.99. The molecule has 1 aliphatic rings. The number of aliphatic hydroxyl groups is 1. The number of benzene rings is 1. The molecule has 3 unspecified atom stereocenters. The molecule has 1 aromatic rings. The van der Waals surface area contributed by atoms with Gasteiger partial charge in [-0.25, -0.2) is 0 Å². The average molecular weight is 301 g/mol. The third kappa shape index (κ3) is 3.97. The summed E-state index contributed by atoms with van der Waals surface area (Å²) in [5.41, 5.74) is -0.463. The SMILES string of the molecule is CC(O)CCNC(=O)C1CC1c1ccccc1C(F)(F)F. The molecule has 116 valence electrons. The molecule has 0 heterocycles. The summed E-state index contributed by atoms with van der Waals surface area (Å²) in [6.45, 7) is 1.95. The highest BCUT2D eigenvalue weighted by Crippen LogP contribution is 2.50. The van der Waals surface area contributed by atoms with Crippen molar-refractivity contribution in [3.8, 4) is 0 Å². The van der Waals surface area contributed by atoms with E-state index in [2.05, 4.69) is 5.32 Å². The van der Waals surface area contributed by atoms with E-state index in [1.807, 2.05) is 0 Å². The highest BCUT2D eigenvalue weighted by Gasteiger charge is 2.47. The largest absolute Gasteiger partial charge is 0.416 e. The summed E-state index contributed by atoms with van der Waals surface area (Å²) in [5, 5.41) is 11.8. The number of carbonyl (C=O) groups excluding carboxylic acids is 1. The zero-order valence-corrected chi connectivity index (χ0v) is 11.7. The second-order valence-electron chi connectivity index (χ2n) is 5.46. The Morgan fingerprint density at radius 2 is 2.10 bits per heavy atom. The van der Waals surface area contributed by atoms with Gasteiger partial charge in [0.1, 0.15) is 0 Å². The molecule has 3 nitrogen and oxygen atoms in total. The monoisotopic (exact) mass is 301 g/mol. The first kappa shape index (κ1) is 15.8. The van der Waals surface area contributed by atoms with E-state index < -0.39 is 23.8 Å². The fourth-order valence-corrected chi connectivity index (χ4v) is 2.44. The van der Waals surface area contributed by atoms with E-state index in [0.717, 1.165) is 6.07 Å². The summed E-state index contributed by atoms with van der Waals surface area (Å²) in [7, 11) is 0. The molecule has 2 rings (SSSR count). The summed E-state index contributed by atoms with van der Waals surface area (Å²) in [6, 6.07) is 5.41. The van der Waals surface area contributed by atoms with Gasteiger partial charge in [0.25, 0.3) is 0 Å². The van der Waals surface area contributed by atoms with Gasteiger partial charge in [-0.05, 0) is 37.3 Å². The van der Waals surface area contributed by atoms with E-state index in [1.54, 1.807) is 13.0 Å². The molecule has 1 saturated carbocycles. The predicted molar refractivity (Wildman–Crippen MR) is 71.6 cm³/mol. The smallest absolute Gasteiger partial charge is 0.393 e. The van der Waals surface area contributed by atoms with Crippen molar-refractivity contribution in [1.82, 2.24) is 5.32 Å². The lowest BCUT2D eigenvalue weighted by Crippen LogP contribution is -2.28. The van der Waals surface area contributed by atoms with E-state index in [-0.39, 0.29) is 17.4 Å².